The van der Waals surface area contributed by atoms with Crippen LogP contribution >= 0.6 is 11.6 Å². The second-order valence-electron chi connectivity index (χ2n) is 6.55. The minimum absolute atomic E-state index is 0.659. The van der Waals surface area contributed by atoms with E-state index in [1.54, 1.807) is 6.20 Å². The molecule has 0 fully saturated rings. The van der Waals surface area contributed by atoms with Crippen LogP contribution in [0.2, 0.25) is 5.02 Å². The fourth-order valence-electron chi connectivity index (χ4n) is 3.01. The predicted molar refractivity (Wildman–Crippen MR) is 112 cm³/mol. The molecule has 0 bridgehead atoms. The zero-order valence-corrected chi connectivity index (χ0v) is 16.0. The molecule has 0 unspecified atom stereocenters. The number of hydrogen-bond donors (Lipinski definition) is 1. The maximum atomic E-state index is 6.07. The maximum absolute atomic E-state index is 6.07. The van der Waals surface area contributed by atoms with E-state index in [4.69, 9.17) is 11.6 Å². The molecule has 2 heterocycles. The van der Waals surface area contributed by atoms with Gasteiger partial charge in [0.2, 0.25) is 0 Å². The number of aromatic nitrogens is 3. The Morgan fingerprint density at radius 2 is 1.89 bits per heavy atom. The molecule has 4 rings (SSSR count). The lowest BCUT2D eigenvalue weighted by atomic mass is 10.1. The van der Waals surface area contributed by atoms with E-state index in [0.29, 0.717) is 6.54 Å². The molecule has 6 heteroatoms. The molecule has 0 aliphatic heterocycles. The molecular weight excluding hydrogens is 358 g/mol. The lowest BCUT2D eigenvalue weighted by Crippen LogP contribution is -2.07. The Bertz CT molecular complexity index is 1070. The molecule has 5 nitrogen and oxygen atoms in total. The number of nitrogens with one attached hydrogen (secondary N) is 1. The molecular formula is C21H20ClN5. The third-order valence-corrected chi connectivity index (χ3v) is 4.69. The smallest absolute Gasteiger partial charge is 0.165 e. The standard InChI is InChI=1S/C21H20ClN5/c1-26(2)18-8-6-16(7-9-18)19-14-25-27-20(10-11-23-21(19)27)24-13-15-4-3-5-17(22)12-15/h3-12,14,24H,13H2,1-2H3. The van der Waals surface area contributed by atoms with Gasteiger partial charge in [-0.25, -0.2) is 4.98 Å². The normalized spacial score (nSPS) is 10.9. The molecule has 27 heavy (non-hydrogen) atoms. The summed E-state index contributed by atoms with van der Waals surface area (Å²) in [5, 5.41) is 8.69. The summed E-state index contributed by atoms with van der Waals surface area (Å²) in [7, 11) is 4.06. The molecule has 0 saturated heterocycles. The molecule has 136 valence electrons. The Morgan fingerprint density at radius 1 is 1.07 bits per heavy atom. The summed E-state index contributed by atoms with van der Waals surface area (Å²) in [6, 6.07) is 18.1. The van der Waals surface area contributed by atoms with Crippen molar-refractivity contribution in [2.75, 3.05) is 24.3 Å². The summed E-state index contributed by atoms with van der Waals surface area (Å²) in [5.41, 5.74) is 5.19. The van der Waals surface area contributed by atoms with Gasteiger partial charge in [-0.2, -0.15) is 9.61 Å². The highest BCUT2D eigenvalue weighted by atomic mass is 35.5. The molecule has 0 atom stereocenters. The summed E-state index contributed by atoms with van der Waals surface area (Å²) in [6.45, 7) is 0.659. The highest BCUT2D eigenvalue weighted by Crippen LogP contribution is 2.27. The van der Waals surface area contributed by atoms with Gasteiger partial charge in [0, 0.05) is 43.1 Å². The first-order valence-corrected chi connectivity index (χ1v) is 9.08. The average Bonchev–Trinajstić information content (AvgIpc) is 3.11. The minimum Gasteiger partial charge on any atom is -0.378 e. The van der Waals surface area contributed by atoms with E-state index in [2.05, 4.69) is 44.6 Å². The van der Waals surface area contributed by atoms with Crippen LogP contribution in [0.1, 0.15) is 5.56 Å². The van der Waals surface area contributed by atoms with E-state index in [-0.39, 0.29) is 0 Å². The quantitative estimate of drug-likeness (QED) is 0.546. The van der Waals surface area contributed by atoms with Crippen molar-refractivity contribution in [3.63, 3.8) is 0 Å². The first-order valence-electron chi connectivity index (χ1n) is 8.70. The molecule has 0 aliphatic rings. The SMILES string of the molecule is CN(C)c1ccc(-c2cnn3c(NCc4cccc(Cl)c4)ccnc23)cc1. The zero-order chi connectivity index (χ0) is 18.8. The van der Waals surface area contributed by atoms with Crippen LogP contribution in [0.15, 0.2) is 67.0 Å². The van der Waals surface area contributed by atoms with Crippen molar-refractivity contribution in [1.82, 2.24) is 14.6 Å². The lowest BCUT2D eigenvalue weighted by molar-refractivity contribution is 0.925. The van der Waals surface area contributed by atoms with E-state index < -0.39 is 0 Å². The summed E-state index contributed by atoms with van der Waals surface area (Å²) in [4.78, 5) is 6.61. The molecule has 0 saturated carbocycles. The van der Waals surface area contributed by atoms with Crippen LogP contribution in [0.5, 0.6) is 0 Å². The number of benzene rings is 2. The molecule has 2 aromatic carbocycles. The van der Waals surface area contributed by atoms with E-state index in [1.165, 1.54) is 0 Å². The van der Waals surface area contributed by atoms with Gasteiger partial charge in [-0.1, -0.05) is 35.9 Å². The van der Waals surface area contributed by atoms with Crippen molar-refractivity contribution >= 4 is 28.8 Å². The summed E-state index contributed by atoms with van der Waals surface area (Å²) in [5.74, 6) is 0.885. The summed E-state index contributed by atoms with van der Waals surface area (Å²) < 4.78 is 1.83. The van der Waals surface area contributed by atoms with Crippen LogP contribution in [0, 0.1) is 0 Å². The largest absolute Gasteiger partial charge is 0.378 e. The van der Waals surface area contributed by atoms with Crippen LogP contribution in [0.25, 0.3) is 16.8 Å². The van der Waals surface area contributed by atoms with Gasteiger partial charge in [0.15, 0.2) is 5.65 Å². The average molecular weight is 378 g/mol. The Kier molecular flexibility index (Phi) is 4.69. The number of nitrogens with zero attached hydrogens (tertiary/aromatic N) is 4. The molecule has 1 N–H and O–H groups in total. The van der Waals surface area contributed by atoms with Gasteiger partial charge in [-0.15, -0.1) is 0 Å². The third kappa shape index (κ3) is 3.59. The van der Waals surface area contributed by atoms with Crippen molar-refractivity contribution in [2.45, 2.75) is 6.54 Å². The summed E-state index contributed by atoms with van der Waals surface area (Å²) in [6.07, 6.45) is 3.66. The van der Waals surface area contributed by atoms with Gasteiger partial charge in [0.05, 0.1) is 6.20 Å². The Morgan fingerprint density at radius 3 is 2.63 bits per heavy atom. The second kappa shape index (κ2) is 7.29. The van der Waals surface area contributed by atoms with Gasteiger partial charge in [0.1, 0.15) is 5.82 Å². The van der Waals surface area contributed by atoms with Gasteiger partial charge < -0.3 is 10.2 Å². The van der Waals surface area contributed by atoms with E-state index in [9.17, 15) is 0 Å². The lowest BCUT2D eigenvalue weighted by Gasteiger charge is -2.12. The van der Waals surface area contributed by atoms with E-state index in [1.807, 2.05) is 55.1 Å². The molecule has 0 spiro atoms. The van der Waals surface area contributed by atoms with Crippen molar-refractivity contribution in [3.05, 3.63) is 77.6 Å². The number of halogens is 1. The number of rotatable bonds is 5. The van der Waals surface area contributed by atoms with Crippen molar-refractivity contribution < 1.29 is 0 Å². The van der Waals surface area contributed by atoms with Crippen molar-refractivity contribution in [1.29, 1.82) is 0 Å². The number of hydrogen-bond acceptors (Lipinski definition) is 4. The Hall–Kier alpha value is -3.05. The fraction of sp³-hybridized carbons (Fsp3) is 0.143. The summed E-state index contributed by atoms with van der Waals surface area (Å²) >= 11 is 6.07. The van der Waals surface area contributed by atoms with Crippen LogP contribution in [-0.2, 0) is 6.54 Å². The van der Waals surface area contributed by atoms with E-state index >= 15 is 0 Å². The Labute approximate surface area is 163 Å². The van der Waals surface area contributed by atoms with Gasteiger partial charge >= 0.3 is 0 Å². The Balaban J connectivity index is 1.63. The molecule has 0 amide bonds. The van der Waals surface area contributed by atoms with Crippen LogP contribution < -0.4 is 10.2 Å². The monoisotopic (exact) mass is 377 g/mol. The van der Waals surface area contributed by atoms with Crippen molar-refractivity contribution in [3.8, 4) is 11.1 Å². The minimum atomic E-state index is 0.659. The van der Waals surface area contributed by atoms with Crippen LogP contribution in [-0.4, -0.2) is 28.7 Å². The topological polar surface area (TPSA) is 45.5 Å². The van der Waals surface area contributed by atoms with Gasteiger partial charge in [0.25, 0.3) is 0 Å². The van der Waals surface area contributed by atoms with Crippen LogP contribution in [0.4, 0.5) is 11.5 Å². The number of fused-ring (bicyclic) bond motifs is 1. The van der Waals surface area contributed by atoms with E-state index in [0.717, 1.165) is 38.9 Å². The highest BCUT2D eigenvalue weighted by molar-refractivity contribution is 6.30. The molecule has 2 aromatic heterocycles. The zero-order valence-electron chi connectivity index (χ0n) is 15.2. The molecule has 0 radical (unpaired) electrons. The first kappa shape index (κ1) is 17.4. The van der Waals surface area contributed by atoms with Gasteiger partial charge in [-0.05, 0) is 41.5 Å². The van der Waals surface area contributed by atoms with Crippen molar-refractivity contribution in [2.24, 2.45) is 0 Å². The first-order chi connectivity index (χ1) is 13.1. The second-order valence-corrected chi connectivity index (χ2v) is 6.98. The number of anilines is 2. The highest BCUT2D eigenvalue weighted by Gasteiger charge is 2.11. The fourth-order valence-corrected chi connectivity index (χ4v) is 3.22. The third-order valence-electron chi connectivity index (χ3n) is 4.46. The van der Waals surface area contributed by atoms with Crippen LogP contribution in [0.3, 0.4) is 0 Å². The van der Waals surface area contributed by atoms with Gasteiger partial charge in [-0.3, -0.25) is 0 Å². The maximum Gasteiger partial charge on any atom is 0.165 e. The predicted octanol–water partition coefficient (Wildman–Crippen LogP) is 4.73. The molecule has 0 aliphatic carbocycles. The molecule has 4 aromatic rings.